The molecule has 0 aliphatic carbocycles. The van der Waals surface area contributed by atoms with Crippen molar-refractivity contribution >= 4 is 42.6 Å². The number of hydrogen-bond acceptors (Lipinski definition) is 1. The van der Waals surface area contributed by atoms with Gasteiger partial charge in [0.1, 0.15) is 5.82 Å². The summed E-state index contributed by atoms with van der Waals surface area (Å²) in [5.41, 5.74) is 1.10. The van der Waals surface area contributed by atoms with Gasteiger partial charge in [0.05, 0.1) is 0 Å². The molecule has 84 valence electrons. The Bertz CT molecular complexity index is 675. The molecular formula is C13H8Br2N2. The number of imidazole rings is 1. The molecule has 1 heterocycles. The molecule has 0 atom stereocenters. The van der Waals surface area contributed by atoms with E-state index < -0.39 is 0 Å². The maximum Gasteiger partial charge on any atom is 0.137 e. The summed E-state index contributed by atoms with van der Waals surface area (Å²) in [6, 6.07) is 10.4. The molecule has 0 bridgehead atoms. The van der Waals surface area contributed by atoms with Crippen LogP contribution in [0.25, 0.3) is 22.2 Å². The molecule has 3 aromatic rings. The van der Waals surface area contributed by atoms with Crippen molar-refractivity contribution in [3.05, 3.63) is 51.7 Å². The van der Waals surface area contributed by atoms with Gasteiger partial charge in [0.2, 0.25) is 0 Å². The van der Waals surface area contributed by atoms with E-state index in [0.29, 0.717) is 0 Å². The average molecular weight is 352 g/mol. The minimum Gasteiger partial charge on any atom is -0.345 e. The van der Waals surface area contributed by atoms with Crippen LogP contribution in [-0.4, -0.2) is 9.97 Å². The van der Waals surface area contributed by atoms with Gasteiger partial charge in [-0.2, -0.15) is 0 Å². The number of aromatic amines is 1. The average Bonchev–Trinajstić information content (AvgIpc) is 2.83. The van der Waals surface area contributed by atoms with Gasteiger partial charge in [0.15, 0.2) is 0 Å². The van der Waals surface area contributed by atoms with Crippen LogP contribution >= 0.6 is 31.9 Å². The van der Waals surface area contributed by atoms with E-state index in [2.05, 4.69) is 60.0 Å². The van der Waals surface area contributed by atoms with Crippen LogP contribution in [0.5, 0.6) is 0 Å². The van der Waals surface area contributed by atoms with Gasteiger partial charge in [0.25, 0.3) is 0 Å². The normalized spacial score (nSPS) is 10.9. The first-order valence-corrected chi connectivity index (χ1v) is 6.72. The number of nitrogens with zero attached hydrogens (tertiary/aromatic N) is 1. The van der Waals surface area contributed by atoms with Crippen molar-refractivity contribution in [2.24, 2.45) is 0 Å². The molecule has 2 nitrogen and oxygen atoms in total. The number of nitrogens with one attached hydrogen (secondary N) is 1. The van der Waals surface area contributed by atoms with E-state index in [1.165, 1.54) is 10.8 Å². The summed E-state index contributed by atoms with van der Waals surface area (Å²) >= 11 is 7.12. The van der Waals surface area contributed by atoms with Crippen molar-refractivity contribution in [3.63, 3.8) is 0 Å². The first-order valence-electron chi connectivity index (χ1n) is 5.13. The predicted octanol–water partition coefficient (Wildman–Crippen LogP) is 4.75. The second-order valence-electron chi connectivity index (χ2n) is 3.73. The fraction of sp³-hybridized carbons (Fsp3) is 0. The molecule has 2 aromatic carbocycles. The van der Waals surface area contributed by atoms with Crippen LogP contribution < -0.4 is 0 Å². The van der Waals surface area contributed by atoms with Gasteiger partial charge < -0.3 is 4.98 Å². The molecule has 0 saturated heterocycles. The lowest BCUT2D eigenvalue weighted by molar-refractivity contribution is 1.32. The zero-order valence-electron chi connectivity index (χ0n) is 8.74. The van der Waals surface area contributed by atoms with E-state index in [-0.39, 0.29) is 0 Å². The zero-order chi connectivity index (χ0) is 11.8. The van der Waals surface area contributed by atoms with E-state index >= 15 is 0 Å². The second-order valence-corrected chi connectivity index (χ2v) is 5.50. The van der Waals surface area contributed by atoms with Crippen molar-refractivity contribution in [2.75, 3.05) is 0 Å². The van der Waals surface area contributed by atoms with Gasteiger partial charge >= 0.3 is 0 Å². The van der Waals surface area contributed by atoms with E-state index in [9.17, 15) is 0 Å². The topological polar surface area (TPSA) is 28.7 Å². The van der Waals surface area contributed by atoms with E-state index in [4.69, 9.17) is 0 Å². The number of hydrogen-bond donors (Lipinski definition) is 1. The fourth-order valence-corrected chi connectivity index (χ4v) is 2.86. The lowest BCUT2D eigenvalue weighted by Gasteiger charge is -2.07. The Balaban J connectivity index is 2.42. The Hall–Kier alpha value is -1.13. The molecule has 0 fully saturated rings. The third-order valence-corrected chi connectivity index (χ3v) is 3.81. The predicted molar refractivity (Wildman–Crippen MR) is 76.9 cm³/mol. The third-order valence-electron chi connectivity index (χ3n) is 2.66. The standard InChI is InChI=1S/C13H8Br2N2/c14-8-6-10-9(2-1-3-12(10)15)11(7-8)13-16-4-5-17-13/h1-7H,(H,16,17). The smallest absolute Gasteiger partial charge is 0.137 e. The number of aromatic nitrogens is 2. The lowest BCUT2D eigenvalue weighted by Crippen LogP contribution is -1.85. The zero-order valence-corrected chi connectivity index (χ0v) is 11.9. The first kappa shape index (κ1) is 11.0. The monoisotopic (exact) mass is 350 g/mol. The fourth-order valence-electron chi connectivity index (χ4n) is 1.92. The van der Waals surface area contributed by atoms with Crippen LogP contribution in [0.4, 0.5) is 0 Å². The van der Waals surface area contributed by atoms with Crippen LogP contribution in [0.2, 0.25) is 0 Å². The molecule has 1 aromatic heterocycles. The molecular weight excluding hydrogens is 344 g/mol. The highest BCUT2D eigenvalue weighted by molar-refractivity contribution is 9.11. The number of rotatable bonds is 1. The van der Waals surface area contributed by atoms with E-state index in [1.807, 2.05) is 18.3 Å². The second kappa shape index (κ2) is 4.27. The van der Waals surface area contributed by atoms with Gasteiger partial charge in [-0.15, -0.1) is 0 Å². The summed E-state index contributed by atoms with van der Waals surface area (Å²) in [6.45, 7) is 0. The van der Waals surface area contributed by atoms with Gasteiger partial charge in [-0.3, -0.25) is 0 Å². The van der Waals surface area contributed by atoms with Gasteiger partial charge in [-0.05, 0) is 29.0 Å². The highest BCUT2D eigenvalue weighted by Crippen LogP contribution is 2.34. The van der Waals surface area contributed by atoms with Crippen molar-refractivity contribution in [2.45, 2.75) is 0 Å². The maximum absolute atomic E-state index is 4.32. The Morgan fingerprint density at radius 2 is 1.94 bits per heavy atom. The molecule has 4 heteroatoms. The molecule has 3 rings (SSSR count). The summed E-state index contributed by atoms with van der Waals surface area (Å²) in [6.07, 6.45) is 3.60. The number of H-pyrrole nitrogens is 1. The molecule has 0 unspecified atom stereocenters. The van der Waals surface area contributed by atoms with Crippen LogP contribution in [0, 0.1) is 0 Å². The lowest BCUT2D eigenvalue weighted by atomic mass is 10.0. The van der Waals surface area contributed by atoms with Gasteiger partial charge in [-0.25, -0.2) is 4.98 Å². The van der Waals surface area contributed by atoms with E-state index in [0.717, 1.165) is 20.3 Å². The Morgan fingerprint density at radius 1 is 1.06 bits per heavy atom. The first-order chi connectivity index (χ1) is 8.25. The molecule has 0 aliphatic rings. The highest BCUT2D eigenvalue weighted by atomic mass is 79.9. The van der Waals surface area contributed by atoms with Crippen LogP contribution in [0.3, 0.4) is 0 Å². The number of halogens is 2. The van der Waals surface area contributed by atoms with Crippen molar-refractivity contribution < 1.29 is 0 Å². The largest absolute Gasteiger partial charge is 0.345 e. The Kier molecular flexibility index (Phi) is 2.76. The molecule has 0 radical (unpaired) electrons. The highest BCUT2D eigenvalue weighted by Gasteiger charge is 2.08. The molecule has 17 heavy (non-hydrogen) atoms. The molecule has 0 amide bonds. The summed E-state index contributed by atoms with van der Waals surface area (Å²) in [5.74, 6) is 0.884. The molecule has 0 aliphatic heterocycles. The Morgan fingerprint density at radius 3 is 2.71 bits per heavy atom. The van der Waals surface area contributed by atoms with Crippen LogP contribution in [-0.2, 0) is 0 Å². The third kappa shape index (κ3) is 1.91. The molecule has 0 saturated carbocycles. The van der Waals surface area contributed by atoms with Crippen molar-refractivity contribution in [3.8, 4) is 11.4 Å². The summed E-state index contributed by atoms with van der Waals surface area (Å²) in [4.78, 5) is 7.46. The summed E-state index contributed by atoms with van der Waals surface area (Å²) in [7, 11) is 0. The summed E-state index contributed by atoms with van der Waals surface area (Å²) in [5, 5.41) is 2.35. The van der Waals surface area contributed by atoms with Crippen molar-refractivity contribution in [1.29, 1.82) is 0 Å². The minimum atomic E-state index is 0.884. The SMILES string of the molecule is Brc1cc(-c2ncc[nH]2)c2cccc(Br)c2c1. The quantitative estimate of drug-likeness (QED) is 0.673. The van der Waals surface area contributed by atoms with Crippen LogP contribution in [0.1, 0.15) is 0 Å². The minimum absolute atomic E-state index is 0.884. The van der Waals surface area contributed by atoms with E-state index in [1.54, 1.807) is 6.20 Å². The van der Waals surface area contributed by atoms with Crippen LogP contribution in [0.15, 0.2) is 51.7 Å². The van der Waals surface area contributed by atoms with Gasteiger partial charge in [-0.1, -0.05) is 44.0 Å². The van der Waals surface area contributed by atoms with Gasteiger partial charge in [0, 0.05) is 26.9 Å². The number of benzene rings is 2. The number of fused-ring (bicyclic) bond motifs is 1. The molecule has 0 spiro atoms. The van der Waals surface area contributed by atoms with Crippen molar-refractivity contribution in [1.82, 2.24) is 9.97 Å². The Labute approximate surface area is 115 Å². The maximum atomic E-state index is 4.32. The summed E-state index contributed by atoms with van der Waals surface area (Å²) < 4.78 is 2.13. The molecule has 1 N–H and O–H groups in total.